The quantitative estimate of drug-likeness (QED) is 0.896. The molecule has 1 heterocycles. The average molecular weight is 371 g/mol. The first kappa shape index (κ1) is 15.9. The number of ether oxygens (including phenoxy) is 1. The minimum absolute atomic E-state index is 0.120. The van der Waals surface area contributed by atoms with Gasteiger partial charge >= 0.3 is 0 Å². The third kappa shape index (κ3) is 3.81. The van der Waals surface area contributed by atoms with Crippen LogP contribution in [0.5, 0.6) is 5.75 Å². The van der Waals surface area contributed by atoms with Gasteiger partial charge in [0, 0.05) is 10.7 Å². The minimum atomic E-state index is -3.72. The highest BCUT2D eigenvalue weighted by molar-refractivity contribution is 9.10. The molecular weight excluding hydrogens is 356 g/mol. The van der Waals surface area contributed by atoms with E-state index in [2.05, 4.69) is 20.9 Å². The molecule has 1 aromatic heterocycles. The van der Waals surface area contributed by atoms with Crippen molar-refractivity contribution in [3.8, 4) is 5.75 Å². The first-order chi connectivity index (χ1) is 9.79. The molecule has 112 valence electrons. The highest BCUT2D eigenvalue weighted by atomic mass is 79.9. The van der Waals surface area contributed by atoms with E-state index in [4.69, 9.17) is 9.88 Å². The Morgan fingerprint density at radius 1 is 1.19 bits per heavy atom. The van der Waals surface area contributed by atoms with E-state index in [-0.39, 0.29) is 4.90 Å². The summed E-state index contributed by atoms with van der Waals surface area (Å²) in [4.78, 5) is 4.33. The van der Waals surface area contributed by atoms with Crippen molar-refractivity contribution < 1.29 is 13.2 Å². The lowest BCUT2D eigenvalue weighted by molar-refractivity contribution is 0.298. The lowest BCUT2D eigenvalue weighted by atomic mass is 10.1. The number of hydrogen-bond acceptors (Lipinski definition) is 4. The predicted molar refractivity (Wildman–Crippen MR) is 83.6 cm³/mol. The van der Waals surface area contributed by atoms with Crippen LogP contribution >= 0.6 is 15.9 Å². The highest BCUT2D eigenvalue weighted by Gasteiger charge is 2.15. The molecule has 0 unspecified atom stereocenters. The maximum absolute atomic E-state index is 11.5. The van der Waals surface area contributed by atoms with Gasteiger partial charge in [-0.25, -0.2) is 13.6 Å². The van der Waals surface area contributed by atoms with Gasteiger partial charge in [0.25, 0.3) is 0 Å². The Bertz CT molecular complexity index is 759. The molecule has 0 aliphatic carbocycles. The monoisotopic (exact) mass is 370 g/mol. The smallest absolute Gasteiger partial charge is 0.238 e. The summed E-state index contributed by atoms with van der Waals surface area (Å²) in [5.74, 6) is 0.615. The van der Waals surface area contributed by atoms with Crippen molar-refractivity contribution in [2.45, 2.75) is 25.3 Å². The molecular formula is C14H15BrN2O3S. The molecule has 0 fully saturated rings. The van der Waals surface area contributed by atoms with Gasteiger partial charge in [0.15, 0.2) is 0 Å². The summed E-state index contributed by atoms with van der Waals surface area (Å²) < 4.78 is 29.5. The second kappa shape index (κ2) is 6.13. The number of nitrogens with zero attached hydrogens (tertiary/aromatic N) is 1. The van der Waals surface area contributed by atoms with Crippen LogP contribution in [0.15, 0.2) is 39.8 Å². The molecule has 2 N–H and O–H groups in total. The molecule has 7 heteroatoms. The third-order valence-corrected chi connectivity index (χ3v) is 4.68. The Kier molecular flexibility index (Phi) is 4.65. The van der Waals surface area contributed by atoms with Crippen LogP contribution in [0.25, 0.3) is 0 Å². The molecule has 0 saturated carbocycles. The zero-order valence-corrected chi connectivity index (χ0v) is 14.0. The maximum atomic E-state index is 11.5. The highest BCUT2D eigenvalue weighted by Crippen LogP contribution is 2.27. The fourth-order valence-electron chi connectivity index (χ4n) is 1.88. The first-order valence-electron chi connectivity index (χ1n) is 6.15. The first-order valence-corrected chi connectivity index (χ1v) is 8.49. The standard InChI is InChI=1S/C14H15BrN2O3S/c1-9-10(2)14(21(16,18)19)6-5-13(9)20-8-12-4-3-11(15)7-17-12/h3-7H,8H2,1-2H3,(H2,16,18,19). The molecule has 0 saturated heterocycles. The second-order valence-electron chi connectivity index (χ2n) is 4.61. The van der Waals surface area contributed by atoms with Gasteiger partial charge in [-0.2, -0.15) is 0 Å². The molecule has 0 spiro atoms. The summed E-state index contributed by atoms with van der Waals surface area (Å²) in [7, 11) is -3.72. The number of rotatable bonds is 4. The maximum Gasteiger partial charge on any atom is 0.238 e. The molecule has 5 nitrogen and oxygen atoms in total. The Labute approximate surface area is 132 Å². The summed E-state index contributed by atoms with van der Waals surface area (Å²) in [6.45, 7) is 3.82. The van der Waals surface area contributed by atoms with Crippen molar-refractivity contribution in [3.05, 3.63) is 51.8 Å². The van der Waals surface area contributed by atoms with Gasteiger partial charge in [-0.3, -0.25) is 4.98 Å². The molecule has 0 radical (unpaired) electrons. The topological polar surface area (TPSA) is 82.3 Å². The van der Waals surface area contributed by atoms with Crippen molar-refractivity contribution in [1.82, 2.24) is 4.98 Å². The van der Waals surface area contributed by atoms with Crippen LogP contribution in [0.2, 0.25) is 0 Å². The summed E-state index contributed by atoms with van der Waals surface area (Å²) in [5, 5.41) is 5.17. The van der Waals surface area contributed by atoms with Gasteiger partial charge in [-0.1, -0.05) is 0 Å². The Morgan fingerprint density at radius 3 is 2.48 bits per heavy atom. The zero-order chi connectivity index (χ0) is 15.6. The van der Waals surface area contributed by atoms with Crippen LogP contribution in [-0.4, -0.2) is 13.4 Å². The zero-order valence-electron chi connectivity index (χ0n) is 11.6. The van der Waals surface area contributed by atoms with Crippen molar-refractivity contribution in [3.63, 3.8) is 0 Å². The van der Waals surface area contributed by atoms with Gasteiger partial charge in [-0.05, 0) is 65.2 Å². The third-order valence-electron chi connectivity index (χ3n) is 3.16. The minimum Gasteiger partial charge on any atom is -0.487 e. The van der Waals surface area contributed by atoms with Crippen LogP contribution in [-0.2, 0) is 16.6 Å². The molecule has 0 bridgehead atoms. The SMILES string of the molecule is Cc1c(OCc2ccc(Br)cn2)ccc(S(N)(=O)=O)c1C. The van der Waals surface area contributed by atoms with E-state index in [0.717, 1.165) is 15.7 Å². The molecule has 21 heavy (non-hydrogen) atoms. The van der Waals surface area contributed by atoms with Crippen molar-refractivity contribution in [1.29, 1.82) is 0 Å². The number of nitrogens with two attached hydrogens (primary N) is 1. The molecule has 0 amide bonds. The molecule has 2 rings (SSSR count). The number of benzene rings is 1. The van der Waals surface area contributed by atoms with E-state index in [1.165, 1.54) is 6.07 Å². The molecule has 0 aliphatic heterocycles. The normalized spacial score (nSPS) is 11.4. The number of pyridine rings is 1. The van der Waals surface area contributed by atoms with Crippen LogP contribution in [0, 0.1) is 13.8 Å². The lowest BCUT2D eigenvalue weighted by Crippen LogP contribution is -2.14. The van der Waals surface area contributed by atoms with Crippen LogP contribution < -0.4 is 9.88 Å². The predicted octanol–water partition coefficient (Wildman–Crippen LogP) is 2.69. The van der Waals surface area contributed by atoms with Gasteiger partial charge in [0.05, 0.1) is 10.6 Å². The molecule has 1 aromatic carbocycles. The average Bonchev–Trinajstić information content (AvgIpc) is 2.41. The van der Waals surface area contributed by atoms with E-state index in [9.17, 15) is 8.42 Å². The summed E-state index contributed by atoms with van der Waals surface area (Å²) in [5.41, 5.74) is 2.13. The number of primary sulfonamides is 1. The largest absolute Gasteiger partial charge is 0.487 e. The Morgan fingerprint density at radius 2 is 1.90 bits per heavy atom. The number of aromatic nitrogens is 1. The summed E-state index contributed by atoms with van der Waals surface area (Å²) in [6, 6.07) is 6.81. The molecule has 0 aliphatic rings. The molecule has 2 aromatic rings. The Balaban J connectivity index is 2.22. The van der Waals surface area contributed by atoms with Gasteiger partial charge in [0.2, 0.25) is 10.0 Å². The van der Waals surface area contributed by atoms with E-state index in [1.807, 2.05) is 12.1 Å². The number of hydrogen-bond donors (Lipinski definition) is 1. The van der Waals surface area contributed by atoms with Gasteiger partial charge < -0.3 is 4.74 Å². The summed E-state index contributed by atoms with van der Waals surface area (Å²) >= 11 is 3.32. The fraction of sp³-hybridized carbons (Fsp3) is 0.214. The van der Waals surface area contributed by atoms with E-state index in [0.29, 0.717) is 17.9 Å². The van der Waals surface area contributed by atoms with Crippen molar-refractivity contribution in [2.24, 2.45) is 5.14 Å². The van der Waals surface area contributed by atoms with Crippen LogP contribution in [0.3, 0.4) is 0 Å². The second-order valence-corrected chi connectivity index (χ2v) is 7.06. The van der Waals surface area contributed by atoms with Crippen molar-refractivity contribution >= 4 is 26.0 Å². The van der Waals surface area contributed by atoms with Gasteiger partial charge in [-0.15, -0.1) is 0 Å². The number of halogens is 1. The van der Waals surface area contributed by atoms with Gasteiger partial charge in [0.1, 0.15) is 12.4 Å². The summed E-state index contributed by atoms with van der Waals surface area (Å²) in [6.07, 6.45) is 1.70. The van der Waals surface area contributed by atoms with E-state index in [1.54, 1.807) is 26.1 Å². The van der Waals surface area contributed by atoms with Crippen LogP contribution in [0.4, 0.5) is 0 Å². The lowest BCUT2D eigenvalue weighted by Gasteiger charge is -2.13. The van der Waals surface area contributed by atoms with E-state index < -0.39 is 10.0 Å². The fourth-order valence-corrected chi connectivity index (χ4v) is 2.95. The van der Waals surface area contributed by atoms with E-state index >= 15 is 0 Å². The van der Waals surface area contributed by atoms with Crippen molar-refractivity contribution in [2.75, 3.05) is 0 Å². The molecule has 0 atom stereocenters. The Hall–Kier alpha value is -1.44. The number of sulfonamides is 1. The van der Waals surface area contributed by atoms with Crippen LogP contribution in [0.1, 0.15) is 16.8 Å².